The van der Waals surface area contributed by atoms with Gasteiger partial charge in [-0.25, -0.2) is 0 Å². The zero-order valence-electron chi connectivity index (χ0n) is 8.97. The minimum atomic E-state index is 0.00200. The zero-order chi connectivity index (χ0) is 9.52. The fraction of sp³-hybridized carbons (Fsp3) is 1.00. The molecule has 1 N–H and O–H groups in total. The summed E-state index contributed by atoms with van der Waals surface area (Å²) in [4.78, 5) is 0. The fourth-order valence-corrected chi connectivity index (χ4v) is 2.37. The Morgan fingerprint density at radius 2 is 1.92 bits per heavy atom. The van der Waals surface area contributed by atoms with Crippen LogP contribution in [0.5, 0.6) is 0 Å². The Balaban J connectivity index is 2.23. The highest BCUT2D eigenvalue weighted by Crippen LogP contribution is 2.26. The second kappa shape index (κ2) is 6.42. The smallest absolute Gasteiger partial charge is 0.0542 e. The molecule has 2 unspecified atom stereocenters. The van der Waals surface area contributed by atoms with Crippen LogP contribution in [0.4, 0.5) is 0 Å². The van der Waals surface area contributed by atoms with Gasteiger partial charge in [0.15, 0.2) is 0 Å². The quantitative estimate of drug-likeness (QED) is 0.711. The van der Waals surface area contributed by atoms with Crippen LogP contribution in [-0.4, -0.2) is 11.2 Å². The lowest BCUT2D eigenvalue weighted by Gasteiger charge is -2.22. The zero-order valence-corrected chi connectivity index (χ0v) is 8.97. The van der Waals surface area contributed by atoms with Crippen molar-refractivity contribution < 1.29 is 5.11 Å². The van der Waals surface area contributed by atoms with Crippen molar-refractivity contribution in [2.24, 2.45) is 5.92 Å². The van der Waals surface area contributed by atoms with Gasteiger partial charge in [-0.05, 0) is 18.8 Å². The molecule has 0 heterocycles. The second-order valence-corrected chi connectivity index (χ2v) is 4.54. The van der Waals surface area contributed by atoms with Gasteiger partial charge in [0.25, 0.3) is 0 Å². The number of unbranched alkanes of at least 4 members (excludes halogenated alkanes) is 1. The molecule has 1 fully saturated rings. The highest BCUT2D eigenvalue weighted by molar-refractivity contribution is 4.69. The third kappa shape index (κ3) is 4.66. The van der Waals surface area contributed by atoms with Gasteiger partial charge in [-0.2, -0.15) is 0 Å². The molecular formula is C12H24O. The summed E-state index contributed by atoms with van der Waals surface area (Å²) in [5.74, 6) is 0.815. The van der Waals surface area contributed by atoms with Gasteiger partial charge in [0, 0.05) is 0 Å². The molecule has 0 aliphatic heterocycles. The van der Waals surface area contributed by atoms with Crippen molar-refractivity contribution in [3.05, 3.63) is 0 Å². The van der Waals surface area contributed by atoms with Gasteiger partial charge in [-0.3, -0.25) is 0 Å². The maximum Gasteiger partial charge on any atom is 0.0542 e. The van der Waals surface area contributed by atoms with Crippen molar-refractivity contribution in [3.8, 4) is 0 Å². The van der Waals surface area contributed by atoms with E-state index in [9.17, 15) is 5.11 Å². The first kappa shape index (κ1) is 11.0. The van der Waals surface area contributed by atoms with Gasteiger partial charge in [-0.1, -0.05) is 51.9 Å². The topological polar surface area (TPSA) is 20.2 Å². The molecule has 1 nitrogen and oxygen atoms in total. The Labute approximate surface area is 82.5 Å². The van der Waals surface area contributed by atoms with Crippen molar-refractivity contribution >= 4 is 0 Å². The van der Waals surface area contributed by atoms with Crippen LogP contribution in [-0.2, 0) is 0 Å². The van der Waals surface area contributed by atoms with Crippen LogP contribution >= 0.6 is 0 Å². The predicted octanol–water partition coefficient (Wildman–Crippen LogP) is 3.51. The van der Waals surface area contributed by atoms with E-state index < -0.39 is 0 Å². The normalized spacial score (nSPS) is 30.9. The minimum Gasteiger partial charge on any atom is -0.393 e. The molecule has 0 amide bonds. The lowest BCUT2D eigenvalue weighted by atomic mass is 9.86. The van der Waals surface area contributed by atoms with Crippen molar-refractivity contribution in [3.63, 3.8) is 0 Å². The Morgan fingerprint density at radius 3 is 2.69 bits per heavy atom. The SMILES string of the molecule is CCCCC1CCCCCC(O)C1. The van der Waals surface area contributed by atoms with Crippen molar-refractivity contribution in [1.82, 2.24) is 0 Å². The molecule has 0 aromatic rings. The standard InChI is InChI=1S/C12H24O/c1-2-3-7-11-8-5-4-6-9-12(13)10-11/h11-13H,2-10H2,1H3. The van der Waals surface area contributed by atoms with E-state index in [-0.39, 0.29) is 6.10 Å². The summed E-state index contributed by atoms with van der Waals surface area (Å²) in [6.07, 6.45) is 11.4. The fourth-order valence-electron chi connectivity index (χ4n) is 2.37. The van der Waals surface area contributed by atoms with E-state index in [0.717, 1.165) is 18.8 Å². The monoisotopic (exact) mass is 184 g/mol. The van der Waals surface area contributed by atoms with Gasteiger partial charge < -0.3 is 5.11 Å². The minimum absolute atomic E-state index is 0.00200. The Hall–Kier alpha value is -0.0400. The van der Waals surface area contributed by atoms with Crippen LogP contribution in [0.15, 0.2) is 0 Å². The maximum absolute atomic E-state index is 9.68. The Kier molecular flexibility index (Phi) is 5.45. The summed E-state index contributed by atoms with van der Waals surface area (Å²) in [5.41, 5.74) is 0. The average Bonchev–Trinajstić information content (AvgIpc) is 2.09. The molecule has 1 aliphatic carbocycles. The van der Waals surface area contributed by atoms with Crippen LogP contribution in [0.1, 0.15) is 64.7 Å². The molecule has 13 heavy (non-hydrogen) atoms. The molecule has 1 heteroatoms. The summed E-state index contributed by atoms with van der Waals surface area (Å²) in [5, 5.41) is 9.68. The summed E-state index contributed by atoms with van der Waals surface area (Å²) in [7, 11) is 0. The van der Waals surface area contributed by atoms with E-state index >= 15 is 0 Å². The number of aliphatic hydroxyl groups excluding tert-OH is 1. The molecule has 1 aliphatic rings. The summed E-state index contributed by atoms with van der Waals surface area (Å²) in [6.45, 7) is 2.25. The van der Waals surface area contributed by atoms with Crippen LogP contribution in [0.3, 0.4) is 0 Å². The van der Waals surface area contributed by atoms with Crippen LogP contribution in [0, 0.1) is 5.92 Å². The van der Waals surface area contributed by atoms with Gasteiger partial charge in [0.05, 0.1) is 6.10 Å². The highest BCUT2D eigenvalue weighted by atomic mass is 16.3. The number of hydrogen-bond acceptors (Lipinski definition) is 1. The molecule has 1 saturated carbocycles. The first-order chi connectivity index (χ1) is 6.33. The first-order valence-electron chi connectivity index (χ1n) is 6.01. The van der Waals surface area contributed by atoms with Gasteiger partial charge in [0.2, 0.25) is 0 Å². The van der Waals surface area contributed by atoms with Crippen molar-refractivity contribution in [2.75, 3.05) is 0 Å². The van der Waals surface area contributed by atoms with E-state index in [1.54, 1.807) is 0 Å². The molecule has 0 radical (unpaired) electrons. The van der Waals surface area contributed by atoms with Crippen LogP contribution in [0.2, 0.25) is 0 Å². The first-order valence-corrected chi connectivity index (χ1v) is 6.01. The molecular weight excluding hydrogens is 160 g/mol. The molecule has 1 rings (SSSR count). The summed E-state index contributed by atoms with van der Waals surface area (Å²) in [6, 6.07) is 0. The van der Waals surface area contributed by atoms with Crippen LogP contribution < -0.4 is 0 Å². The largest absolute Gasteiger partial charge is 0.393 e. The molecule has 0 aromatic heterocycles. The average molecular weight is 184 g/mol. The lowest BCUT2D eigenvalue weighted by Crippen LogP contribution is -2.16. The molecule has 0 bridgehead atoms. The molecule has 2 atom stereocenters. The van der Waals surface area contributed by atoms with E-state index in [4.69, 9.17) is 0 Å². The van der Waals surface area contributed by atoms with Gasteiger partial charge in [0.1, 0.15) is 0 Å². The van der Waals surface area contributed by atoms with E-state index in [0.29, 0.717) is 0 Å². The molecule has 0 saturated heterocycles. The third-order valence-electron chi connectivity index (χ3n) is 3.22. The third-order valence-corrected chi connectivity index (χ3v) is 3.22. The number of aliphatic hydroxyl groups is 1. The Morgan fingerprint density at radius 1 is 1.15 bits per heavy atom. The van der Waals surface area contributed by atoms with E-state index in [1.807, 2.05) is 0 Å². The van der Waals surface area contributed by atoms with Crippen molar-refractivity contribution in [2.45, 2.75) is 70.8 Å². The van der Waals surface area contributed by atoms with E-state index in [1.165, 1.54) is 44.9 Å². The number of rotatable bonds is 3. The maximum atomic E-state index is 9.68. The number of hydrogen-bond donors (Lipinski definition) is 1. The predicted molar refractivity (Wildman–Crippen MR) is 56.7 cm³/mol. The van der Waals surface area contributed by atoms with Crippen molar-refractivity contribution in [1.29, 1.82) is 0 Å². The molecule has 0 spiro atoms. The Bertz CT molecular complexity index is 120. The molecule has 0 aromatic carbocycles. The highest BCUT2D eigenvalue weighted by Gasteiger charge is 2.16. The van der Waals surface area contributed by atoms with E-state index in [2.05, 4.69) is 6.92 Å². The van der Waals surface area contributed by atoms with Gasteiger partial charge >= 0.3 is 0 Å². The summed E-state index contributed by atoms with van der Waals surface area (Å²) >= 11 is 0. The second-order valence-electron chi connectivity index (χ2n) is 4.54. The van der Waals surface area contributed by atoms with Crippen LogP contribution in [0.25, 0.3) is 0 Å². The summed E-state index contributed by atoms with van der Waals surface area (Å²) < 4.78 is 0. The lowest BCUT2D eigenvalue weighted by molar-refractivity contribution is 0.115. The van der Waals surface area contributed by atoms with Gasteiger partial charge in [-0.15, -0.1) is 0 Å². The molecule has 78 valence electrons.